The molecule has 3 aromatic rings. The Morgan fingerprint density at radius 1 is 1.20 bits per heavy atom. The molecule has 1 aliphatic heterocycles. The first-order valence-electron chi connectivity index (χ1n) is 11.4. The van der Waals surface area contributed by atoms with Crippen LogP contribution in [0.15, 0.2) is 47.4 Å². The first kappa shape index (κ1) is 24.9. The summed E-state index contributed by atoms with van der Waals surface area (Å²) in [7, 11) is -1.27. The molecule has 0 unspecified atom stereocenters. The molecule has 0 saturated carbocycles. The monoisotopic (exact) mass is 498 g/mol. The second-order valence-electron chi connectivity index (χ2n) is 9.60. The molecule has 1 atom stereocenters. The number of fused-ring (bicyclic) bond motifs is 1. The minimum absolute atomic E-state index is 0.171. The fraction of sp³-hybridized carbons (Fsp3) is 0.370. The van der Waals surface area contributed by atoms with Gasteiger partial charge in [0.15, 0.2) is 0 Å². The highest BCUT2D eigenvalue weighted by molar-refractivity contribution is 7.85. The van der Waals surface area contributed by atoms with Crippen LogP contribution in [-0.4, -0.2) is 45.2 Å². The molecule has 1 saturated heterocycles. The molecule has 1 aliphatic rings. The molecular weight excluding hydrogens is 470 g/mol. The molecule has 2 heterocycles. The van der Waals surface area contributed by atoms with Crippen LogP contribution >= 0.6 is 0 Å². The zero-order valence-electron chi connectivity index (χ0n) is 20.2. The van der Waals surface area contributed by atoms with Crippen LogP contribution in [0.2, 0.25) is 0 Å². The highest BCUT2D eigenvalue weighted by atomic mass is 32.2. The van der Waals surface area contributed by atoms with Gasteiger partial charge < -0.3 is 9.64 Å². The molecule has 0 bridgehead atoms. The number of benzene rings is 2. The topological polar surface area (TPSA) is 51.5 Å². The standard InChI is InChI=1S/C27H28F2N2O3S/c1-6-18-8-10-22-19(14-18)15-24(31(22)25(32)34-26(3,4)5)21-16-20(35(33)7-2)9-11-23(21)30-13-12-27(28,29)17-30/h1,8-11,14-16H,7,12-13,17H2,2-5H3/t35-/m1/s1. The maximum absolute atomic E-state index is 14.1. The van der Waals surface area contributed by atoms with E-state index in [1.165, 1.54) is 4.57 Å². The van der Waals surface area contributed by atoms with Crippen LogP contribution in [0.3, 0.4) is 0 Å². The summed E-state index contributed by atoms with van der Waals surface area (Å²) in [5.41, 5.74) is 2.01. The van der Waals surface area contributed by atoms with Gasteiger partial charge in [-0.2, -0.15) is 0 Å². The predicted molar refractivity (Wildman–Crippen MR) is 136 cm³/mol. The highest BCUT2D eigenvalue weighted by Gasteiger charge is 2.39. The van der Waals surface area contributed by atoms with Crippen LogP contribution in [0.25, 0.3) is 22.2 Å². The average Bonchev–Trinajstić information content (AvgIpc) is 3.36. The zero-order chi connectivity index (χ0) is 25.5. The van der Waals surface area contributed by atoms with Gasteiger partial charge in [0.1, 0.15) is 5.60 Å². The molecule has 0 radical (unpaired) electrons. The van der Waals surface area contributed by atoms with E-state index in [9.17, 15) is 17.8 Å². The Labute approximate surface area is 206 Å². The van der Waals surface area contributed by atoms with Crippen molar-refractivity contribution >= 4 is 33.5 Å². The quantitative estimate of drug-likeness (QED) is 0.411. The molecule has 0 N–H and O–H groups in total. The van der Waals surface area contributed by atoms with Gasteiger partial charge in [-0.3, -0.25) is 4.21 Å². The lowest BCUT2D eigenvalue weighted by atomic mass is 10.1. The lowest BCUT2D eigenvalue weighted by Crippen LogP contribution is -2.28. The Morgan fingerprint density at radius 2 is 1.94 bits per heavy atom. The summed E-state index contributed by atoms with van der Waals surface area (Å²) >= 11 is 0. The Hall–Kier alpha value is -3.18. The minimum atomic E-state index is -2.80. The number of alkyl halides is 2. The SMILES string of the molecule is C#Cc1ccc2c(c1)cc(-c1cc([S@](=O)CC)ccc1N1CCC(F)(F)C1)n2C(=O)OC(C)(C)C. The van der Waals surface area contributed by atoms with E-state index >= 15 is 0 Å². The van der Waals surface area contributed by atoms with Crippen LogP contribution < -0.4 is 4.90 Å². The third-order valence-corrected chi connectivity index (χ3v) is 7.13. The molecule has 8 heteroatoms. The van der Waals surface area contributed by atoms with E-state index in [-0.39, 0.29) is 13.0 Å². The number of anilines is 1. The van der Waals surface area contributed by atoms with Crippen molar-refractivity contribution in [3.05, 3.63) is 48.0 Å². The van der Waals surface area contributed by atoms with Crippen molar-refractivity contribution in [2.75, 3.05) is 23.7 Å². The molecule has 0 aliphatic carbocycles. The maximum atomic E-state index is 14.1. The van der Waals surface area contributed by atoms with Crippen LogP contribution in [-0.2, 0) is 15.5 Å². The number of nitrogens with zero attached hydrogens (tertiary/aromatic N) is 2. The molecule has 2 aromatic carbocycles. The van der Waals surface area contributed by atoms with Crippen LogP contribution in [0.1, 0.15) is 39.7 Å². The van der Waals surface area contributed by atoms with Crippen molar-refractivity contribution in [2.45, 2.75) is 50.5 Å². The Kier molecular flexibility index (Phi) is 6.50. The third kappa shape index (κ3) is 5.10. The van der Waals surface area contributed by atoms with Gasteiger partial charge in [-0.05, 0) is 63.2 Å². The number of terminal acetylenes is 1. The Bertz CT molecular complexity index is 1370. The summed E-state index contributed by atoms with van der Waals surface area (Å²) in [4.78, 5) is 15.6. The first-order valence-corrected chi connectivity index (χ1v) is 12.8. The number of rotatable bonds is 4. The summed E-state index contributed by atoms with van der Waals surface area (Å²) in [6, 6.07) is 12.2. The van der Waals surface area contributed by atoms with Gasteiger partial charge in [-0.25, -0.2) is 18.1 Å². The van der Waals surface area contributed by atoms with Gasteiger partial charge in [0, 0.05) is 45.8 Å². The van der Waals surface area contributed by atoms with E-state index in [1.807, 2.05) is 6.92 Å². The molecule has 1 aromatic heterocycles. The normalized spacial score (nSPS) is 16.3. The summed E-state index contributed by atoms with van der Waals surface area (Å²) < 4.78 is 48.0. The van der Waals surface area contributed by atoms with E-state index < -0.39 is 35.0 Å². The van der Waals surface area contributed by atoms with E-state index in [1.54, 1.807) is 68.1 Å². The predicted octanol–water partition coefficient (Wildman–Crippen LogP) is 6.05. The van der Waals surface area contributed by atoms with Gasteiger partial charge in [-0.1, -0.05) is 12.8 Å². The average molecular weight is 499 g/mol. The van der Waals surface area contributed by atoms with Crippen molar-refractivity contribution in [1.29, 1.82) is 0 Å². The number of aromatic nitrogens is 1. The van der Waals surface area contributed by atoms with Gasteiger partial charge in [0.25, 0.3) is 5.92 Å². The van der Waals surface area contributed by atoms with Crippen molar-refractivity contribution in [2.24, 2.45) is 0 Å². The molecule has 0 spiro atoms. The second-order valence-corrected chi connectivity index (χ2v) is 11.3. The number of ether oxygens (including phenoxy) is 1. The molecule has 0 amide bonds. The smallest absolute Gasteiger partial charge is 0.419 e. The van der Waals surface area contributed by atoms with E-state index in [0.717, 1.165) is 0 Å². The number of carbonyl (C=O) groups excluding carboxylic acids is 1. The number of carbonyl (C=O) groups is 1. The van der Waals surface area contributed by atoms with E-state index in [4.69, 9.17) is 11.2 Å². The zero-order valence-corrected chi connectivity index (χ0v) is 21.0. The molecule has 35 heavy (non-hydrogen) atoms. The van der Waals surface area contributed by atoms with Gasteiger partial charge in [0.05, 0.1) is 28.6 Å². The van der Waals surface area contributed by atoms with Crippen LogP contribution in [0.4, 0.5) is 19.3 Å². The molecule has 4 rings (SSSR count). The van der Waals surface area contributed by atoms with E-state index in [0.29, 0.717) is 44.1 Å². The highest BCUT2D eigenvalue weighted by Crippen LogP contribution is 2.40. The molecular formula is C27H28F2N2O3S. The fourth-order valence-corrected chi connectivity index (χ4v) is 5.06. The molecule has 1 fully saturated rings. The van der Waals surface area contributed by atoms with Crippen LogP contribution in [0.5, 0.6) is 0 Å². The van der Waals surface area contributed by atoms with Gasteiger partial charge in [-0.15, -0.1) is 6.42 Å². The molecule has 5 nitrogen and oxygen atoms in total. The van der Waals surface area contributed by atoms with Crippen molar-refractivity contribution < 1.29 is 22.5 Å². The van der Waals surface area contributed by atoms with Gasteiger partial charge in [0.2, 0.25) is 0 Å². The van der Waals surface area contributed by atoms with E-state index in [2.05, 4.69) is 5.92 Å². The minimum Gasteiger partial charge on any atom is -0.443 e. The summed E-state index contributed by atoms with van der Waals surface area (Å²) in [6.07, 6.45) is 4.73. The van der Waals surface area contributed by atoms with Crippen LogP contribution in [0, 0.1) is 12.3 Å². The van der Waals surface area contributed by atoms with Crippen molar-refractivity contribution in [3.8, 4) is 23.6 Å². The number of hydrogen-bond acceptors (Lipinski definition) is 4. The summed E-state index contributed by atoms with van der Waals surface area (Å²) in [6.45, 7) is 6.87. The maximum Gasteiger partial charge on any atom is 0.419 e. The first-order chi connectivity index (χ1) is 16.4. The lowest BCUT2D eigenvalue weighted by Gasteiger charge is -2.24. The fourth-order valence-electron chi connectivity index (χ4n) is 4.25. The molecule has 184 valence electrons. The van der Waals surface area contributed by atoms with Crippen molar-refractivity contribution in [3.63, 3.8) is 0 Å². The largest absolute Gasteiger partial charge is 0.443 e. The summed E-state index contributed by atoms with van der Waals surface area (Å²) in [5.74, 6) is 0.195. The Morgan fingerprint density at radius 3 is 2.54 bits per heavy atom. The second kappa shape index (κ2) is 9.12. The third-order valence-electron chi connectivity index (χ3n) is 5.82. The number of hydrogen-bond donors (Lipinski definition) is 0. The van der Waals surface area contributed by atoms with Crippen molar-refractivity contribution in [1.82, 2.24) is 4.57 Å². The lowest BCUT2D eigenvalue weighted by molar-refractivity contribution is 0.0257. The summed E-state index contributed by atoms with van der Waals surface area (Å²) in [5, 5.41) is 0.709. The Balaban J connectivity index is 1.99. The van der Waals surface area contributed by atoms with Gasteiger partial charge >= 0.3 is 6.09 Å². The number of halogens is 2.